The molecule has 0 aliphatic heterocycles. The molecule has 1 N–H and O–H groups in total. The van der Waals surface area contributed by atoms with Crippen LogP contribution in [-0.4, -0.2) is 24.3 Å². The SMILES string of the molecule is CCCOC(=O)c1cccc(NC(=O)C23CCC(C)(C(=O)C2)C3(C)C)c1. The van der Waals surface area contributed by atoms with Gasteiger partial charge in [-0.3, -0.25) is 9.59 Å². The highest BCUT2D eigenvalue weighted by Gasteiger charge is 2.72. The van der Waals surface area contributed by atoms with E-state index in [9.17, 15) is 14.4 Å². The number of hydrogen-bond donors (Lipinski definition) is 1. The molecule has 1 aromatic rings. The van der Waals surface area contributed by atoms with E-state index in [1.807, 2.05) is 27.7 Å². The standard InChI is InChI=1S/C21H27NO4/c1-5-11-26-17(24)14-7-6-8-15(12-14)22-18(25)21-10-9-20(4,16(23)13-21)19(21,2)3/h6-8,12H,5,9-11,13H2,1-4H3,(H,22,25). The molecule has 2 aliphatic rings. The van der Waals surface area contributed by atoms with E-state index in [-0.39, 0.29) is 11.7 Å². The van der Waals surface area contributed by atoms with Gasteiger partial charge in [0.15, 0.2) is 0 Å². The van der Waals surface area contributed by atoms with Crippen molar-refractivity contribution in [3.8, 4) is 0 Å². The Morgan fingerprint density at radius 2 is 1.92 bits per heavy atom. The van der Waals surface area contributed by atoms with E-state index in [1.54, 1.807) is 24.3 Å². The van der Waals surface area contributed by atoms with Crippen molar-refractivity contribution in [2.45, 2.75) is 53.4 Å². The third-order valence-corrected chi connectivity index (χ3v) is 6.93. The van der Waals surface area contributed by atoms with Crippen LogP contribution in [0.2, 0.25) is 0 Å². The summed E-state index contributed by atoms with van der Waals surface area (Å²) < 4.78 is 5.15. The molecule has 0 saturated heterocycles. The number of amides is 1. The van der Waals surface area contributed by atoms with Crippen molar-refractivity contribution in [1.82, 2.24) is 0 Å². The number of carbonyl (C=O) groups is 3. The van der Waals surface area contributed by atoms with E-state index < -0.39 is 22.2 Å². The van der Waals surface area contributed by atoms with E-state index in [1.165, 1.54) is 0 Å². The number of hydrogen-bond acceptors (Lipinski definition) is 4. The van der Waals surface area contributed by atoms with Crippen LogP contribution in [0.25, 0.3) is 0 Å². The zero-order chi connectivity index (χ0) is 19.2. The Hall–Kier alpha value is -2.17. The third kappa shape index (κ3) is 2.48. The summed E-state index contributed by atoms with van der Waals surface area (Å²) in [6.07, 6.45) is 2.51. The smallest absolute Gasteiger partial charge is 0.338 e. The largest absolute Gasteiger partial charge is 0.462 e. The second kappa shape index (κ2) is 6.22. The van der Waals surface area contributed by atoms with E-state index >= 15 is 0 Å². The normalized spacial score (nSPS) is 28.8. The number of ether oxygens (including phenoxy) is 1. The first-order valence-corrected chi connectivity index (χ1v) is 9.30. The number of carbonyl (C=O) groups excluding carboxylic acids is 3. The van der Waals surface area contributed by atoms with Crippen molar-refractivity contribution in [3.05, 3.63) is 29.8 Å². The monoisotopic (exact) mass is 357 g/mol. The zero-order valence-corrected chi connectivity index (χ0v) is 16.0. The Bertz CT molecular complexity index is 769. The summed E-state index contributed by atoms with van der Waals surface area (Å²) in [5.74, 6) is -0.345. The molecule has 2 fully saturated rings. The summed E-state index contributed by atoms with van der Waals surface area (Å²) in [4.78, 5) is 37.7. The van der Waals surface area contributed by atoms with Gasteiger partial charge in [0.2, 0.25) is 5.91 Å². The molecule has 0 radical (unpaired) electrons. The molecule has 140 valence electrons. The molecule has 5 nitrogen and oxygen atoms in total. The fourth-order valence-electron chi connectivity index (χ4n) is 4.61. The maximum absolute atomic E-state index is 13.2. The fourth-order valence-corrected chi connectivity index (χ4v) is 4.61. The second-order valence-electron chi connectivity index (χ2n) is 8.31. The fraction of sp³-hybridized carbons (Fsp3) is 0.571. The maximum Gasteiger partial charge on any atom is 0.338 e. The van der Waals surface area contributed by atoms with Crippen LogP contribution in [0.1, 0.15) is 63.7 Å². The lowest BCUT2D eigenvalue weighted by Crippen LogP contribution is -2.43. The number of Topliss-reactive ketones (excluding diaryl/α,β-unsaturated/α-hetero) is 1. The van der Waals surface area contributed by atoms with Gasteiger partial charge in [0.1, 0.15) is 5.78 Å². The molecule has 0 heterocycles. The molecule has 1 aromatic carbocycles. The van der Waals surface area contributed by atoms with Crippen LogP contribution in [0.3, 0.4) is 0 Å². The number of benzene rings is 1. The van der Waals surface area contributed by atoms with Gasteiger partial charge < -0.3 is 10.1 Å². The Morgan fingerprint density at radius 1 is 1.19 bits per heavy atom. The van der Waals surface area contributed by atoms with Crippen LogP contribution in [-0.2, 0) is 14.3 Å². The highest BCUT2D eigenvalue weighted by molar-refractivity contribution is 6.05. The van der Waals surface area contributed by atoms with E-state index in [2.05, 4.69) is 5.32 Å². The van der Waals surface area contributed by atoms with Crippen LogP contribution >= 0.6 is 0 Å². The Morgan fingerprint density at radius 3 is 2.50 bits per heavy atom. The molecule has 2 atom stereocenters. The van der Waals surface area contributed by atoms with Crippen LogP contribution in [0.15, 0.2) is 24.3 Å². The minimum atomic E-state index is -0.683. The predicted molar refractivity (Wildman–Crippen MR) is 98.8 cm³/mol. The zero-order valence-electron chi connectivity index (χ0n) is 16.0. The van der Waals surface area contributed by atoms with Gasteiger partial charge in [-0.2, -0.15) is 0 Å². The molecule has 5 heteroatoms. The topological polar surface area (TPSA) is 72.5 Å². The van der Waals surface area contributed by atoms with Crippen molar-refractivity contribution in [1.29, 1.82) is 0 Å². The molecular formula is C21H27NO4. The van der Waals surface area contributed by atoms with Crippen molar-refractivity contribution in [2.75, 3.05) is 11.9 Å². The number of anilines is 1. The summed E-state index contributed by atoms with van der Waals surface area (Å²) in [6, 6.07) is 6.77. The molecule has 26 heavy (non-hydrogen) atoms. The minimum absolute atomic E-state index is 0.129. The van der Waals surface area contributed by atoms with E-state index in [4.69, 9.17) is 4.74 Å². The van der Waals surface area contributed by atoms with Gasteiger partial charge in [0.25, 0.3) is 0 Å². The molecular weight excluding hydrogens is 330 g/mol. The summed E-state index contributed by atoms with van der Waals surface area (Å²) in [6.45, 7) is 8.35. The van der Waals surface area contributed by atoms with Crippen molar-refractivity contribution < 1.29 is 19.1 Å². The van der Waals surface area contributed by atoms with E-state index in [0.717, 1.165) is 12.8 Å². The average molecular weight is 357 g/mol. The summed E-state index contributed by atoms with van der Waals surface area (Å²) >= 11 is 0. The van der Waals surface area contributed by atoms with Crippen molar-refractivity contribution >= 4 is 23.3 Å². The van der Waals surface area contributed by atoms with Crippen LogP contribution in [0.5, 0.6) is 0 Å². The number of ketones is 1. The van der Waals surface area contributed by atoms with Gasteiger partial charge in [-0.15, -0.1) is 0 Å². The highest BCUT2D eigenvalue weighted by Crippen LogP contribution is 2.70. The van der Waals surface area contributed by atoms with Crippen molar-refractivity contribution in [2.24, 2.45) is 16.2 Å². The highest BCUT2D eigenvalue weighted by atomic mass is 16.5. The van der Waals surface area contributed by atoms with Gasteiger partial charge >= 0.3 is 5.97 Å². The number of esters is 1. The summed E-state index contributed by atoms with van der Waals surface area (Å²) in [7, 11) is 0. The molecule has 3 rings (SSSR count). The summed E-state index contributed by atoms with van der Waals surface area (Å²) in [5.41, 5.74) is -0.544. The maximum atomic E-state index is 13.2. The molecule has 2 unspecified atom stereocenters. The number of nitrogens with one attached hydrogen (secondary N) is 1. The van der Waals surface area contributed by atoms with Gasteiger partial charge in [-0.1, -0.05) is 33.8 Å². The van der Waals surface area contributed by atoms with Crippen LogP contribution in [0, 0.1) is 16.2 Å². The second-order valence-corrected chi connectivity index (χ2v) is 8.31. The predicted octanol–water partition coefficient (Wildman–Crippen LogP) is 3.98. The average Bonchev–Trinajstić information content (AvgIpc) is 2.90. The van der Waals surface area contributed by atoms with Gasteiger partial charge in [0.05, 0.1) is 17.6 Å². The lowest BCUT2D eigenvalue weighted by molar-refractivity contribution is -0.131. The number of fused-ring (bicyclic) bond motifs is 2. The first-order chi connectivity index (χ1) is 12.2. The lowest BCUT2D eigenvalue weighted by Gasteiger charge is -2.38. The minimum Gasteiger partial charge on any atom is -0.462 e. The van der Waals surface area contributed by atoms with E-state index in [0.29, 0.717) is 30.7 Å². The molecule has 0 spiro atoms. The first-order valence-electron chi connectivity index (χ1n) is 9.30. The number of rotatable bonds is 5. The Kier molecular flexibility index (Phi) is 4.45. The Labute approximate surface area is 154 Å². The molecule has 2 bridgehead atoms. The van der Waals surface area contributed by atoms with Crippen LogP contribution < -0.4 is 5.32 Å². The molecule has 1 amide bonds. The molecule has 2 aliphatic carbocycles. The molecule has 2 saturated carbocycles. The molecule has 0 aromatic heterocycles. The quantitative estimate of drug-likeness (QED) is 0.809. The third-order valence-electron chi connectivity index (χ3n) is 6.93. The lowest BCUT2D eigenvalue weighted by atomic mass is 9.64. The van der Waals surface area contributed by atoms with Gasteiger partial charge in [-0.05, 0) is 42.9 Å². The summed E-state index contributed by atoms with van der Waals surface area (Å²) in [5, 5.41) is 2.95. The van der Waals surface area contributed by atoms with Crippen molar-refractivity contribution in [3.63, 3.8) is 0 Å². The van der Waals surface area contributed by atoms with Gasteiger partial charge in [-0.25, -0.2) is 4.79 Å². The van der Waals surface area contributed by atoms with Crippen LogP contribution in [0.4, 0.5) is 5.69 Å². The van der Waals surface area contributed by atoms with Gasteiger partial charge in [0, 0.05) is 17.5 Å². The Balaban J connectivity index is 1.81. The first kappa shape index (κ1) is 18.6.